The number of benzene rings is 1. The van der Waals surface area contributed by atoms with Gasteiger partial charge in [0, 0.05) is 31.8 Å². The van der Waals surface area contributed by atoms with E-state index in [4.69, 9.17) is 16.7 Å². The first kappa shape index (κ1) is 17.2. The molecule has 8 heteroatoms. The molecular weight excluding hydrogens is 298 g/mol. The molecule has 1 amide bonds. The van der Waals surface area contributed by atoms with Gasteiger partial charge in [-0.2, -0.15) is 0 Å². The van der Waals surface area contributed by atoms with E-state index in [-0.39, 0.29) is 35.1 Å². The van der Waals surface area contributed by atoms with Gasteiger partial charge < -0.3 is 15.3 Å². The normalized spacial score (nSPS) is 10.3. The number of carbonyl (C=O) groups excluding carboxylic acids is 1. The number of nitrogens with zero attached hydrogens (tertiary/aromatic N) is 2. The summed E-state index contributed by atoms with van der Waals surface area (Å²) in [5.41, 5.74) is 0.0891. The Balaban J connectivity index is 3.20. The first-order valence-electron chi connectivity index (χ1n) is 6.50. The molecule has 21 heavy (non-hydrogen) atoms. The summed E-state index contributed by atoms with van der Waals surface area (Å²) < 4.78 is 0. The van der Waals surface area contributed by atoms with Crippen molar-refractivity contribution in [2.24, 2.45) is 0 Å². The molecule has 0 unspecified atom stereocenters. The van der Waals surface area contributed by atoms with Gasteiger partial charge in [0.2, 0.25) is 0 Å². The highest BCUT2D eigenvalue weighted by atomic mass is 35.5. The molecule has 0 radical (unpaired) electrons. The molecule has 1 aromatic rings. The monoisotopic (exact) mass is 315 g/mol. The predicted octanol–water partition coefficient (Wildman–Crippen LogP) is 2.13. The van der Waals surface area contributed by atoms with Crippen LogP contribution in [0.1, 0.15) is 23.7 Å². The van der Waals surface area contributed by atoms with E-state index >= 15 is 0 Å². The van der Waals surface area contributed by atoms with Crippen LogP contribution in [-0.4, -0.2) is 47.6 Å². The summed E-state index contributed by atoms with van der Waals surface area (Å²) in [6, 6.07) is 2.59. The second kappa shape index (κ2) is 7.80. The van der Waals surface area contributed by atoms with Gasteiger partial charge in [-0.3, -0.25) is 14.9 Å². The molecule has 0 saturated carbocycles. The van der Waals surface area contributed by atoms with E-state index < -0.39 is 10.8 Å². The summed E-state index contributed by atoms with van der Waals surface area (Å²) >= 11 is 6.05. The smallest absolute Gasteiger partial charge is 0.294 e. The maximum absolute atomic E-state index is 12.1. The van der Waals surface area contributed by atoms with Crippen molar-refractivity contribution in [2.75, 3.05) is 32.1 Å². The largest absolute Gasteiger partial charge is 0.395 e. The molecule has 1 aromatic carbocycles. The minimum atomic E-state index is -0.577. The number of likely N-dealkylation sites (N-methyl/N-ethyl adjacent to an activating group) is 1. The lowest BCUT2D eigenvalue weighted by Gasteiger charge is -2.16. The van der Waals surface area contributed by atoms with Gasteiger partial charge in [0.15, 0.2) is 0 Å². The van der Waals surface area contributed by atoms with Gasteiger partial charge in [0.1, 0.15) is 5.69 Å². The molecule has 0 aromatic heterocycles. The van der Waals surface area contributed by atoms with Crippen molar-refractivity contribution in [1.82, 2.24) is 4.90 Å². The van der Waals surface area contributed by atoms with Crippen molar-refractivity contribution in [3.8, 4) is 0 Å². The molecule has 0 spiro atoms. The van der Waals surface area contributed by atoms with Crippen LogP contribution < -0.4 is 5.32 Å². The number of hydrogen-bond acceptors (Lipinski definition) is 5. The quantitative estimate of drug-likeness (QED) is 0.593. The lowest BCUT2D eigenvalue weighted by atomic mass is 10.1. The fourth-order valence-electron chi connectivity index (χ4n) is 1.76. The number of nitrogens with one attached hydrogen (secondary N) is 1. The summed E-state index contributed by atoms with van der Waals surface area (Å²) in [6.45, 7) is 2.42. The minimum absolute atomic E-state index is 0.115. The van der Waals surface area contributed by atoms with E-state index in [1.165, 1.54) is 24.1 Å². The number of nitro groups is 1. The van der Waals surface area contributed by atoms with Crippen LogP contribution in [-0.2, 0) is 0 Å². The average Bonchev–Trinajstić information content (AvgIpc) is 2.44. The van der Waals surface area contributed by atoms with Gasteiger partial charge in [-0.05, 0) is 12.5 Å². The zero-order valence-corrected chi connectivity index (χ0v) is 12.7. The fraction of sp³-hybridized carbons (Fsp3) is 0.462. The molecule has 0 aliphatic rings. The Morgan fingerprint density at radius 3 is 2.71 bits per heavy atom. The number of amides is 1. The van der Waals surface area contributed by atoms with Crippen molar-refractivity contribution in [2.45, 2.75) is 13.3 Å². The molecule has 0 aliphatic carbocycles. The highest BCUT2D eigenvalue weighted by Crippen LogP contribution is 2.34. The predicted molar refractivity (Wildman–Crippen MR) is 80.9 cm³/mol. The summed E-state index contributed by atoms with van der Waals surface area (Å²) in [5.74, 6) is -0.434. The second-order valence-corrected chi connectivity index (χ2v) is 4.89. The number of halogens is 1. The highest BCUT2D eigenvalue weighted by molar-refractivity contribution is 6.34. The maximum atomic E-state index is 12.1. The molecule has 0 aliphatic heterocycles. The van der Waals surface area contributed by atoms with Gasteiger partial charge in [-0.1, -0.05) is 18.5 Å². The number of carbonyl (C=O) groups is 1. The third kappa shape index (κ3) is 4.30. The summed E-state index contributed by atoms with van der Waals surface area (Å²) in [5, 5.41) is 23.0. The van der Waals surface area contributed by atoms with Crippen molar-refractivity contribution in [3.63, 3.8) is 0 Å². The summed E-state index contributed by atoms with van der Waals surface area (Å²) in [7, 11) is 1.50. The number of aliphatic hydroxyl groups is 1. The maximum Gasteiger partial charge on any atom is 0.294 e. The summed E-state index contributed by atoms with van der Waals surface area (Å²) in [6.07, 6.45) is 0.785. The van der Waals surface area contributed by atoms with Crippen molar-refractivity contribution >= 4 is 28.9 Å². The minimum Gasteiger partial charge on any atom is -0.395 e. The number of aliphatic hydroxyl groups excluding tert-OH is 1. The van der Waals surface area contributed by atoms with E-state index in [2.05, 4.69) is 5.32 Å². The Hall–Kier alpha value is -1.86. The van der Waals surface area contributed by atoms with Crippen LogP contribution >= 0.6 is 11.6 Å². The number of hydrogen-bond donors (Lipinski definition) is 2. The van der Waals surface area contributed by atoms with Crippen LogP contribution in [0, 0.1) is 10.1 Å². The first-order chi connectivity index (χ1) is 9.92. The van der Waals surface area contributed by atoms with Gasteiger partial charge in [0.25, 0.3) is 11.6 Å². The van der Waals surface area contributed by atoms with E-state index in [1.807, 2.05) is 6.92 Å². The molecule has 0 bridgehead atoms. The van der Waals surface area contributed by atoms with Gasteiger partial charge in [-0.15, -0.1) is 0 Å². The van der Waals surface area contributed by atoms with Crippen molar-refractivity contribution < 1.29 is 14.8 Å². The molecule has 116 valence electrons. The summed E-state index contributed by atoms with van der Waals surface area (Å²) in [4.78, 5) is 23.9. The number of nitro benzene ring substituents is 1. The Morgan fingerprint density at radius 1 is 1.52 bits per heavy atom. The van der Waals surface area contributed by atoms with Crippen LogP contribution in [0.2, 0.25) is 5.02 Å². The Bertz CT molecular complexity index is 536. The first-order valence-corrected chi connectivity index (χ1v) is 6.88. The van der Waals surface area contributed by atoms with Gasteiger partial charge in [-0.25, -0.2) is 0 Å². The molecule has 0 atom stereocenters. The van der Waals surface area contributed by atoms with Gasteiger partial charge in [0.05, 0.1) is 16.6 Å². The standard InChI is InChI=1S/C13H18ClN3O4/c1-3-4-15-12-10(14)7-9(8-11(12)17(20)21)13(19)16(2)5-6-18/h7-8,15,18H,3-6H2,1-2H3. The third-order valence-electron chi connectivity index (χ3n) is 2.85. The Labute approximate surface area is 127 Å². The van der Waals surface area contributed by atoms with Gasteiger partial charge >= 0.3 is 0 Å². The van der Waals surface area contributed by atoms with E-state index in [0.717, 1.165) is 6.42 Å². The Morgan fingerprint density at radius 2 is 2.19 bits per heavy atom. The van der Waals surface area contributed by atoms with Crippen LogP contribution in [0.3, 0.4) is 0 Å². The van der Waals surface area contributed by atoms with Crippen LogP contribution in [0.5, 0.6) is 0 Å². The van der Waals surface area contributed by atoms with Crippen LogP contribution in [0.25, 0.3) is 0 Å². The molecule has 0 heterocycles. The highest BCUT2D eigenvalue weighted by Gasteiger charge is 2.22. The molecular formula is C13H18ClN3O4. The van der Waals surface area contributed by atoms with Crippen LogP contribution in [0.15, 0.2) is 12.1 Å². The number of anilines is 1. The SMILES string of the molecule is CCCNc1c(Cl)cc(C(=O)N(C)CCO)cc1[N+](=O)[O-]. The molecule has 1 rings (SSSR count). The topological polar surface area (TPSA) is 95.7 Å². The second-order valence-electron chi connectivity index (χ2n) is 4.49. The lowest BCUT2D eigenvalue weighted by molar-refractivity contribution is -0.384. The average molecular weight is 316 g/mol. The zero-order chi connectivity index (χ0) is 16.0. The fourth-order valence-corrected chi connectivity index (χ4v) is 2.04. The third-order valence-corrected chi connectivity index (χ3v) is 3.15. The van der Waals surface area contributed by atoms with Crippen molar-refractivity contribution in [1.29, 1.82) is 0 Å². The molecule has 0 fully saturated rings. The lowest BCUT2D eigenvalue weighted by Crippen LogP contribution is -2.29. The van der Waals surface area contributed by atoms with Crippen LogP contribution in [0.4, 0.5) is 11.4 Å². The molecule has 7 nitrogen and oxygen atoms in total. The van der Waals surface area contributed by atoms with E-state index in [1.54, 1.807) is 0 Å². The van der Waals surface area contributed by atoms with E-state index in [0.29, 0.717) is 6.54 Å². The molecule has 2 N–H and O–H groups in total. The Kier molecular flexibility index (Phi) is 6.39. The molecule has 0 saturated heterocycles. The number of rotatable bonds is 7. The van der Waals surface area contributed by atoms with E-state index in [9.17, 15) is 14.9 Å². The zero-order valence-electron chi connectivity index (χ0n) is 11.9. The van der Waals surface area contributed by atoms with Crippen molar-refractivity contribution in [3.05, 3.63) is 32.8 Å².